The molecule has 1 aromatic rings. The maximum Gasteiger partial charge on any atom is 0.174 e. The summed E-state index contributed by atoms with van der Waals surface area (Å²) in [4.78, 5) is 2.08. The van der Waals surface area contributed by atoms with Crippen molar-refractivity contribution in [2.75, 3.05) is 18.5 Å². The van der Waals surface area contributed by atoms with Crippen molar-refractivity contribution in [1.82, 2.24) is 10.2 Å². The largest absolute Gasteiger partial charge is 0.409 e. The van der Waals surface area contributed by atoms with E-state index >= 15 is 0 Å². The van der Waals surface area contributed by atoms with Crippen LogP contribution in [0.25, 0.3) is 0 Å². The van der Waals surface area contributed by atoms with Gasteiger partial charge in [-0.15, -0.1) is 5.10 Å². The highest BCUT2D eigenvalue weighted by atomic mass is 16.4. The molecule has 2 unspecified atom stereocenters. The van der Waals surface area contributed by atoms with Gasteiger partial charge in [0.2, 0.25) is 0 Å². The average Bonchev–Trinajstić information content (AvgIpc) is 3.19. The Balaban J connectivity index is 2.43. The number of rotatable bonds is 6. The predicted molar refractivity (Wildman–Crippen MR) is 83.8 cm³/mol. The number of nitrogens with two attached hydrogens (primary N) is 1. The molecule has 21 heavy (non-hydrogen) atoms. The number of nitrogens with zero attached hydrogens (tertiary/aromatic N) is 4. The first-order valence-electron chi connectivity index (χ1n) is 7.60. The van der Waals surface area contributed by atoms with E-state index in [1.54, 1.807) is 0 Å². The van der Waals surface area contributed by atoms with Gasteiger partial charge in [-0.25, -0.2) is 0 Å². The number of aromatic nitrogens is 2. The summed E-state index contributed by atoms with van der Waals surface area (Å²) >= 11 is 0. The minimum atomic E-state index is 0.113. The summed E-state index contributed by atoms with van der Waals surface area (Å²) in [5.74, 6) is 2.29. The van der Waals surface area contributed by atoms with E-state index in [4.69, 9.17) is 10.9 Å². The van der Waals surface area contributed by atoms with Crippen molar-refractivity contribution in [1.29, 1.82) is 0 Å². The molecule has 1 saturated carbocycles. The summed E-state index contributed by atoms with van der Waals surface area (Å²) in [5.41, 5.74) is 8.57. The van der Waals surface area contributed by atoms with Gasteiger partial charge >= 0.3 is 0 Å². The molecule has 0 bridgehead atoms. The summed E-state index contributed by atoms with van der Waals surface area (Å²) in [6.07, 6.45) is 2.82. The van der Waals surface area contributed by atoms with Gasteiger partial charge in [-0.2, -0.15) is 5.10 Å². The summed E-state index contributed by atoms with van der Waals surface area (Å²) in [5, 5.41) is 21.0. The Morgan fingerprint density at radius 3 is 2.52 bits per heavy atom. The third-order valence-electron chi connectivity index (χ3n) is 4.34. The molecular formula is C15H25N5O. The highest BCUT2D eigenvalue weighted by Crippen LogP contribution is 2.39. The van der Waals surface area contributed by atoms with Crippen LogP contribution >= 0.6 is 0 Å². The minimum absolute atomic E-state index is 0.113. The lowest BCUT2D eigenvalue weighted by Crippen LogP contribution is -2.28. The van der Waals surface area contributed by atoms with Crippen molar-refractivity contribution in [2.24, 2.45) is 22.7 Å². The van der Waals surface area contributed by atoms with E-state index in [2.05, 4.69) is 34.1 Å². The molecular weight excluding hydrogens is 266 g/mol. The summed E-state index contributed by atoms with van der Waals surface area (Å²) in [6.45, 7) is 7.27. The number of amidine groups is 1. The quantitative estimate of drug-likeness (QED) is 0.361. The van der Waals surface area contributed by atoms with Crippen LogP contribution in [-0.2, 0) is 12.8 Å². The van der Waals surface area contributed by atoms with Crippen LogP contribution in [0.1, 0.15) is 44.0 Å². The van der Waals surface area contributed by atoms with E-state index in [-0.39, 0.29) is 5.84 Å². The highest BCUT2D eigenvalue weighted by Gasteiger charge is 2.34. The van der Waals surface area contributed by atoms with Crippen LogP contribution in [0.4, 0.5) is 5.82 Å². The van der Waals surface area contributed by atoms with E-state index in [0.29, 0.717) is 11.7 Å². The molecule has 6 heteroatoms. The molecule has 0 saturated heterocycles. The summed E-state index contributed by atoms with van der Waals surface area (Å²) in [7, 11) is 1.99. The van der Waals surface area contributed by atoms with E-state index in [9.17, 15) is 0 Å². The second-order valence-corrected chi connectivity index (χ2v) is 5.87. The molecule has 0 radical (unpaired) electrons. The topological polar surface area (TPSA) is 87.6 Å². The molecule has 1 fully saturated rings. The number of anilines is 1. The monoisotopic (exact) mass is 291 g/mol. The van der Waals surface area contributed by atoms with Crippen LogP contribution in [0.3, 0.4) is 0 Å². The van der Waals surface area contributed by atoms with E-state index in [0.717, 1.165) is 42.1 Å². The van der Waals surface area contributed by atoms with Gasteiger partial charge in [0.05, 0.1) is 11.3 Å². The van der Waals surface area contributed by atoms with Gasteiger partial charge in [-0.1, -0.05) is 25.9 Å². The van der Waals surface area contributed by atoms with Gasteiger partial charge < -0.3 is 15.8 Å². The SMILES string of the molecule is CCc1nnc(N(C)CC2CC2C)c(C(N)=NO)c1CC. The predicted octanol–water partition coefficient (Wildman–Crippen LogP) is 1.79. The molecule has 0 aromatic carbocycles. The molecule has 2 rings (SSSR count). The molecule has 1 aliphatic rings. The van der Waals surface area contributed by atoms with Gasteiger partial charge in [-0.3, -0.25) is 0 Å². The van der Waals surface area contributed by atoms with Gasteiger partial charge in [0, 0.05) is 13.6 Å². The zero-order chi connectivity index (χ0) is 15.6. The fraction of sp³-hybridized carbons (Fsp3) is 0.667. The second kappa shape index (κ2) is 6.28. The Labute approximate surface area is 126 Å². The van der Waals surface area contributed by atoms with Gasteiger partial charge in [-0.05, 0) is 36.7 Å². The van der Waals surface area contributed by atoms with Crippen LogP contribution < -0.4 is 10.6 Å². The number of hydrogen-bond donors (Lipinski definition) is 2. The molecule has 0 aliphatic heterocycles. The standard InChI is InChI=1S/C15H25N5O/c1-5-11-12(6-2)17-18-15(13(11)14(16)19-21)20(4)8-10-7-9(10)3/h9-10,21H,5-8H2,1-4H3,(H2,16,19). The lowest BCUT2D eigenvalue weighted by atomic mass is 10.0. The van der Waals surface area contributed by atoms with Gasteiger partial charge in [0.15, 0.2) is 11.7 Å². The van der Waals surface area contributed by atoms with Crippen molar-refractivity contribution in [3.63, 3.8) is 0 Å². The second-order valence-electron chi connectivity index (χ2n) is 5.87. The average molecular weight is 291 g/mol. The minimum Gasteiger partial charge on any atom is -0.409 e. The highest BCUT2D eigenvalue weighted by molar-refractivity contribution is 6.02. The molecule has 1 aromatic heterocycles. The molecule has 6 nitrogen and oxygen atoms in total. The van der Waals surface area contributed by atoms with Crippen molar-refractivity contribution in [3.05, 3.63) is 16.8 Å². The van der Waals surface area contributed by atoms with Crippen molar-refractivity contribution < 1.29 is 5.21 Å². The molecule has 116 valence electrons. The van der Waals surface area contributed by atoms with Gasteiger partial charge in [0.1, 0.15) is 0 Å². The first-order valence-corrected chi connectivity index (χ1v) is 7.60. The Kier molecular flexibility index (Phi) is 4.65. The van der Waals surface area contributed by atoms with Crippen molar-refractivity contribution >= 4 is 11.7 Å². The Morgan fingerprint density at radius 1 is 1.38 bits per heavy atom. The van der Waals surface area contributed by atoms with Crippen molar-refractivity contribution in [2.45, 2.75) is 40.0 Å². The number of aryl methyl sites for hydroxylation is 1. The lowest BCUT2D eigenvalue weighted by molar-refractivity contribution is 0.318. The molecule has 1 aliphatic carbocycles. The lowest BCUT2D eigenvalue weighted by Gasteiger charge is -2.23. The fourth-order valence-electron chi connectivity index (χ4n) is 2.84. The van der Waals surface area contributed by atoms with E-state index in [1.165, 1.54) is 6.42 Å². The van der Waals surface area contributed by atoms with E-state index < -0.39 is 0 Å². The van der Waals surface area contributed by atoms with E-state index in [1.807, 2.05) is 14.0 Å². The van der Waals surface area contributed by atoms with Crippen LogP contribution in [0.15, 0.2) is 5.16 Å². The van der Waals surface area contributed by atoms with Crippen LogP contribution in [0.5, 0.6) is 0 Å². The molecule has 0 spiro atoms. The smallest absolute Gasteiger partial charge is 0.174 e. The Morgan fingerprint density at radius 2 is 2.05 bits per heavy atom. The van der Waals surface area contributed by atoms with Crippen LogP contribution in [-0.4, -0.2) is 34.8 Å². The molecule has 1 heterocycles. The van der Waals surface area contributed by atoms with Crippen molar-refractivity contribution in [3.8, 4) is 0 Å². The first kappa shape index (κ1) is 15.5. The Hall–Kier alpha value is -1.85. The third-order valence-corrected chi connectivity index (χ3v) is 4.34. The Bertz CT molecular complexity index is 543. The van der Waals surface area contributed by atoms with Gasteiger partial charge in [0.25, 0.3) is 0 Å². The fourth-order valence-corrected chi connectivity index (χ4v) is 2.84. The normalized spacial score (nSPS) is 21.4. The molecule has 0 amide bonds. The molecule has 3 N–H and O–H groups in total. The zero-order valence-corrected chi connectivity index (χ0v) is 13.3. The first-order chi connectivity index (χ1) is 10.0. The maximum atomic E-state index is 9.11. The zero-order valence-electron chi connectivity index (χ0n) is 13.3. The van der Waals surface area contributed by atoms with Crippen LogP contribution in [0.2, 0.25) is 0 Å². The maximum absolute atomic E-state index is 9.11. The summed E-state index contributed by atoms with van der Waals surface area (Å²) < 4.78 is 0. The van der Waals surface area contributed by atoms with Crippen LogP contribution in [0, 0.1) is 11.8 Å². The summed E-state index contributed by atoms with van der Waals surface area (Å²) in [6, 6.07) is 0. The number of oxime groups is 1. The number of hydrogen-bond acceptors (Lipinski definition) is 5. The third kappa shape index (κ3) is 3.09. The molecule has 2 atom stereocenters.